The number of fused-ring (bicyclic) bond motifs is 1. The number of aryl methyl sites for hydroxylation is 1. The summed E-state index contributed by atoms with van der Waals surface area (Å²) < 4.78 is 0. The number of rotatable bonds is 7. The first kappa shape index (κ1) is 26.7. The summed E-state index contributed by atoms with van der Waals surface area (Å²) >= 11 is 0. The van der Waals surface area contributed by atoms with E-state index in [1.54, 1.807) is 0 Å². The zero-order chi connectivity index (χ0) is 26.4. The molecule has 1 aromatic rings. The first-order chi connectivity index (χ1) is 17.7. The molecule has 4 nitrogen and oxygen atoms in total. The first-order valence-corrected chi connectivity index (χ1v) is 14.7. The van der Waals surface area contributed by atoms with E-state index in [9.17, 15) is 15.3 Å². The van der Waals surface area contributed by atoms with Crippen molar-refractivity contribution in [3.63, 3.8) is 0 Å². The molecule has 0 amide bonds. The molecule has 1 aromatic heterocycles. The van der Waals surface area contributed by atoms with Crippen LogP contribution < -0.4 is 0 Å². The highest BCUT2D eigenvalue weighted by molar-refractivity contribution is 5.39. The summed E-state index contributed by atoms with van der Waals surface area (Å²) in [7, 11) is 0. The molecule has 4 heteroatoms. The molecule has 4 N–H and O–H groups in total. The summed E-state index contributed by atoms with van der Waals surface area (Å²) in [4.78, 5) is 3.54. The van der Waals surface area contributed by atoms with Gasteiger partial charge in [0.15, 0.2) is 0 Å². The van der Waals surface area contributed by atoms with Gasteiger partial charge in [-0.1, -0.05) is 57.2 Å². The molecule has 4 fully saturated rings. The van der Waals surface area contributed by atoms with E-state index in [2.05, 4.69) is 68.8 Å². The van der Waals surface area contributed by atoms with Crippen molar-refractivity contribution in [3.05, 3.63) is 71.1 Å². The number of aliphatic hydroxyl groups is 3. The fourth-order valence-electron chi connectivity index (χ4n) is 8.00. The highest BCUT2D eigenvalue weighted by atomic mass is 16.3. The van der Waals surface area contributed by atoms with Crippen molar-refractivity contribution in [3.8, 4) is 0 Å². The third-order valence-corrected chi connectivity index (χ3v) is 10.6. The van der Waals surface area contributed by atoms with E-state index < -0.39 is 18.3 Å². The van der Waals surface area contributed by atoms with Crippen molar-refractivity contribution in [1.29, 1.82) is 0 Å². The summed E-state index contributed by atoms with van der Waals surface area (Å²) in [6.45, 7) is 11.1. The van der Waals surface area contributed by atoms with Crippen molar-refractivity contribution in [2.45, 2.75) is 109 Å². The second kappa shape index (κ2) is 10.4. The lowest BCUT2D eigenvalue weighted by Gasteiger charge is -2.44. The van der Waals surface area contributed by atoms with E-state index >= 15 is 0 Å². The van der Waals surface area contributed by atoms with Gasteiger partial charge in [-0.15, -0.1) is 0 Å². The van der Waals surface area contributed by atoms with Crippen LogP contribution in [0.5, 0.6) is 0 Å². The average Bonchev–Trinajstić information content (AvgIpc) is 3.39. The predicted octanol–water partition coefficient (Wildman–Crippen LogP) is 6.30. The standard InChI is InChI=1S/C33H47NO3/c1-5-25-11-14-30(34-25)33(17-18-33)31(37)15-8-21(2)27-12-13-28-23(7-6-16-32(27,28)4)9-10-24-19-26(35)20-29(36)22(24)3/h8-11,14-15,21,26-29,31,34-37H,3,5-7,12-13,16-20H2,1-2,4H3/t21-,26-,27-,28+,29+,31+,32-/m1/s1. The molecule has 0 saturated heterocycles. The predicted molar refractivity (Wildman–Crippen MR) is 150 cm³/mol. The molecule has 37 heavy (non-hydrogen) atoms. The first-order valence-electron chi connectivity index (χ1n) is 14.7. The van der Waals surface area contributed by atoms with E-state index in [0.29, 0.717) is 30.6 Å². The minimum atomic E-state index is -0.635. The zero-order valence-corrected chi connectivity index (χ0v) is 23.0. The van der Waals surface area contributed by atoms with Crippen LogP contribution in [0.1, 0.15) is 89.9 Å². The molecule has 1 heterocycles. The Morgan fingerprint density at radius 3 is 2.62 bits per heavy atom. The van der Waals surface area contributed by atoms with Crippen LogP contribution in [0.4, 0.5) is 0 Å². The molecule has 0 aromatic carbocycles. The maximum atomic E-state index is 11.2. The second-order valence-corrected chi connectivity index (χ2v) is 12.8. The molecule has 4 aliphatic rings. The van der Waals surface area contributed by atoms with E-state index in [-0.39, 0.29) is 10.8 Å². The molecular formula is C33H47NO3. The molecule has 0 radical (unpaired) electrons. The Morgan fingerprint density at radius 1 is 1.14 bits per heavy atom. The molecule has 4 saturated carbocycles. The molecule has 7 atom stereocenters. The van der Waals surface area contributed by atoms with Crippen LogP contribution in [0.2, 0.25) is 0 Å². The summed E-state index contributed by atoms with van der Waals surface area (Å²) in [5, 5.41) is 31.5. The topological polar surface area (TPSA) is 76.5 Å². The number of nitrogens with one attached hydrogen (secondary N) is 1. The minimum Gasteiger partial charge on any atom is -0.393 e. The SMILES string of the molecule is C=C1C(=CC=C2CCC[C@]3(C)[C@@H]([C@H](C)C=C[C@H](O)C4(c5ccc(CC)[nH]5)CC4)CC[C@@H]23)C[C@@H](O)C[C@@H]1O. The second-order valence-electron chi connectivity index (χ2n) is 12.8. The Bertz CT molecular complexity index is 1090. The Kier molecular flexibility index (Phi) is 7.48. The van der Waals surface area contributed by atoms with Crippen molar-refractivity contribution < 1.29 is 15.3 Å². The molecular weight excluding hydrogens is 458 g/mol. The molecule has 0 unspecified atom stereocenters. The lowest BCUT2D eigenvalue weighted by atomic mass is 9.61. The van der Waals surface area contributed by atoms with E-state index in [4.69, 9.17) is 0 Å². The summed E-state index contributed by atoms with van der Waals surface area (Å²) in [6, 6.07) is 4.33. The maximum Gasteiger partial charge on any atom is 0.0831 e. The molecule has 0 bridgehead atoms. The summed E-state index contributed by atoms with van der Waals surface area (Å²) in [6.07, 6.45) is 17.4. The number of hydrogen-bond acceptors (Lipinski definition) is 3. The van der Waals surface area contributed by atoms with E-state index in [0.717, 1.165) is 36.8 Å². The maximum absolute atomic E-state index is 11.2. The van der Waals surface area contributed by atoms with Gasteiger partial charge in [0, 0.05) is 23.2 Å². The molecule has 202 valence electrons. The van der Waals surface area contributed by atoms with Crippen molar-refractivity contribution >= 4 is 0 Å². The molecule has 0 aliphatic heterocycles. The Balaban J connectivity index is 1.28. The van der Waals surface area contributed by atoms with Gasteiger partial charge in [0.1, 0.15) is 0 Å². The van der Waals surface area contributed by atoms with Gasteiger partial charge < -0.3 is 20.3 Å². The van der Waals surface area contributed by atoms with Crippen LogP contribution in [0.3, 0.4) is 0 Å². The van der Waals surface area contributed by atoms with Crippen LogP contribution >= 0.6 is 0 Å². The van der Waals surface area contributed by atoms with Crippen LogP contribution in [0, 0.1) is 23.2 Å². The van der Waals surface area contributed by atoms with Gasteiger partial charge in [0.2, 0.25) is 0 Å². The van der Waals surface area contributed by atoms with Crippen LogP contribution in [-0.2, 0) is 11.8 Å². The lowest BCUT2D eigenvalue weighted by molar-refractivity contribution is 0.0862. The van der Waals surface area contributed by atoms with E-state index in [1.165, 1.54) is 42.6 Å². The highest BCUT2D eigenvalue weighted by Gasteiger charge is 2.52. The minimum absolute atomic E-state index is 0.121. The summed E-state index contributed by atoms with van der Waals surface area (Å²) in [5.74, 6) is 1.62. The lowest BCUT2D eigenvalue weighted by Crippen LogP contribution is -2.35. The molecule has 0 spiro atoms. The van der Waals surface area contributed by atoms with Gasteiger partial charge in [-0.05, 0) is 104 Å². The van der Waals surface area contributed by atoms with Crippen LogP contribution in [0.25, 0.3) is 0 Å². The number of H-pyrrole nitrogens is 1. The van der Waals surface area contributed by atoms with Crippen molar-refractivity contribution in [2.24, 2.45) is 23.2 Å². The third kappa shape index (κ3) is 4.97. The average molecular weight is 506 g/mol. The molecule has 4 aliphatic carbocycles. The zero-order valence-electron chi connectivity index (χ0n) is 23.0. The highest BCUT2D eigenvalue weighted by Crippen LogP contribution is 2.60. The van der Waals surface area contributed by atoms with Crippen molar-refractivity contribution in [2.75, 3.05) is 0 Å². The fraction of sp³-hybridized carbons (Fsp3) is 0.636. The summed E-state index contributed by atoms with van der Waals surface area (Å²) in [5.41, 5.74) is 5.87. The van der Waals surface area contributed by atoms with E-state index in [1.807, 2.05) is 0 Å². The Morgan fingerprint density at radius 2 is 1.92 bits per heavy atom. The smallest absolute Gasteiger partial charge is 0.0831 e. The molecule has 5 rings (SSSR count). The van der Waals surface area contributed by atoms with Gasteiger partial charge in [-0.2, -0.15) is 0 Å². The number of hydrogen-bond donors (Lipinski definition) is 4. The number of allylic oxidation sites excluding steroid dienone is 4. The van der Waals surface area contributed by atoms with Gasteiger partial charge >= 0.3 is 0 Å². The van der Waals surface area contributed by atoms with Gasteiger partial charge in [-0.3, -0.25) is 0 Å². The Hall–Kier alpha value is -1.88. The quantitative estimate of drug-likeness (QED) is 0.328. The largest absolute Gasteiger partial charge is 0.393 e. The van der Waals surface area contributed by atoms with Crippen molar-refractivity contribution in [1.82, 2.24) is 4.98 Å². The Labute approximate surface area is 223 Å². The third-order valence-electron chi connectivity index (χ3n) is 10.6. The van der Waals surface area contributed by atoms with Gasteiger partial charge in [0.05, 0.1) is 18.3 Å². The number of aliphatic hydroxyl groups excluding tert-OH is 3. The fourth-order valence-corrected chi connectivity index (χ4v) is 8.00. The van der Waals surface area contributed by atoms with Crippen LogP contribution in [-0.4, -0.2) is 38.6 Å². The monoisotopic (exact) mass is 505 g/mol. The van der Waals surface area contributed by atoms with Gasteiger partial charge in [-0.25, -0.2) is 0 Å². The number of aromatic nitrogens is 1. The number of aromatic amines is 1. The van der Waals surface area contributed by atoms with Gasteiger partial charge in [0.25, 0.3) is 0 Å². The normalized spacial score (nSPS) is 37.3. The van der Waals surface area contributed by atoms with Crippen LogP contribution in [0.15, 0.2) is 59.7 Å².